The van der Waals surface area contributed by atoms with Crippen LogP contribution < -0.4 is 5.32 Å². The summed E-state index contributed by atoms with van der Waals surface area (Å²) in [6.45, 7) is 0. The van der Waals surface area contributed by atoms with E-state index in [9.17, 15) is 4.79 Å². The number of benzene rings is 2. The molecule has 2 aromatic rings. The van der Waals surface area contributed by atoms with Gasteiger partial charge in [0.2, 0.25) is 0 Å². The molecule has 2 heterocycles. The highest BCUT2D eigenvalue weighted by atomic mass is 16.1. The number of carbonyl (C=O) groups is 1. The van der Waals surface area contributed by atoms with E-state index in [4.69, 9.17) is 0 Å². The number of hydrogen-bond acceptors (Lipinski definition) is 3. The normalized spacial score (nSPS) is 19.7. The van der Waals surface area contributed by atoms with E-state index in [-0.39, 0.29) is 11.9 Å². The molecule has 0 spiro atoms. The number of nitrogens with zero attached hydrogens (tertiary/aromatic N) is 2. The summed E-state index contributed by atoms with van der Waals surface area (Å²) in [7, 11) is 0. The van der Waals surface area contributed by atoms with Gasteiger partial charge in [-0.15, -0.1) is 10.2 Å². The molecule has 1 unspecified atom stereocenters. The van der Waals surface area contributed by atoms with Gasteiger partial charge in [-0.2, -0.15) is 0 Å². The number of fused-ring (bicyclic) bond motifs is 1. The van der Waals surface area contributed by atoms with Gasteiger partial charge in [-0.1, -0.05) is 60.7 Å². The van der Waals surface area contributed by atoms with Gasteiger partial charge in [0, 0.05) is 5.56 Å². The largest absolute Gasteiger partial charge is 0.342 e. The molecule has 0 aliphatic carbocycles. The van der Waals surface area contributed by atoms with Crippen LogP contribution in [0.3, 0.4) is 0 Å². The van der Waals surface area contributed by atoms with E-state index in [1.807, 2.05) is 66.7 Å². The minimum Gasteiger partial charge on any atom is -0.342 e. The van der Waals surface area contributed by atoms with Crippen LogP contribution in [0, 0.1) is 0 Å². The minimum atomic E-state index is -0.165. The van der Waals surface area contributed by atoms with Crippen molar-refractivity contribution >= 4 is 11.6 Å². The standard InChI is InChI=1S/C18H13N3O/c22-18-16-15(11-14(19-18)12-7-3-1-4-8-12)20-21-17(16)13-9-5-2-6-10-13/h1-11,14H,(H,19,22). The molecule has 0 saturated heterocycles. The molecule has 4 nitrogen and oxygen atoms in total. The van der Waals surface area contributed by atoms with Gasteiger partial charge < -0.3 is 5.32 Å². The zero-order valence-corrected chi connectivity index (χ0v) is 11.7. The van der Waals surface area contributed by atoms with Crippen LogP contribution in [0.15, 0.2) is 88.2 Å². The average molecular weight is 287 g/mol. The van der Waals surface area contributed by atoms with Crippen LogP contribution in [-0.2, 0) is 4.79 Å². The lowest BCUT2D eigenvalue weighted by Gasteiger charge is -2.21. The van der Waals surface area contributed by atoms with E-state index in [0.29, 0.717) is 17.0 Å². The van der Waals surface area contributed by atoms with Crippen LogP contribution in [-0.4, -0.2) is 5.91 Å². The maximum atomic E-state index is 12.5. The SMILES string of the molecule is O=C1NC(c2ccccc2)C=C2N=NC(c3ccccc3)=C12. The Morgan fingerprint density at radius 3 is 2.27 bits per heavy atom. The molecule has 0 aromatic heterocycles. The molecule has 2 aliphatic heterocycles. The Hall–Kier alpha value is -3.01. The predicted molar refractivity (Wildman–Crippen MR) is 83.6 cm³/mol. The van der Waals surface area contributed by atoms with Crippen LogP contribution in [0.2, 0.25) is 0 Å². The lowest BCUT2D eigenvalue weighted by atomic mass is 9.96. The Morgan fingerprint density at radius 2 is 1.55 bits per heavy atom. The van der Waals surface area contributed by atoms with Crippen molar-refractivity contribution in [2.75, 3.05) is 0 Å². The van der Waals surface area contributed by atoms with Gasteiger partial charge in [0.1, 0.15) is 5.70 Å². The highest BCUT2D eigenvalue weighted by Gasteiger charge is 2.31. The monoisotopic (exact) mass is 287 g/mol. The summed E-state index contributed by atoms with van der Waals surface area (Å²) in [5.74, 6) is -0.129. The van der Waals surface area contributed by atoms with Gasteiger partial charge in [-0.05, 0) is 11.6 Å². The Balaban J connectivity index is 1.78. The van der Waals surface area contributed by atoms with Gasteiger partial charge in [0.25, 0.3) is 5.91 Å². The third kappa shape index (κ3) is 2.05. The Bertz CT molecular complexity index is 820. The second-order valence-corrected chi connectivity index (χ2v) is 5.20. The molecule has 2 aromatic carbocycles. The number of hydrogen-bond donors (Lipinski definition) is 1. The summed E-state index contributed by atoms with van der Waals surface area (Å²) in [5, 5.41) is 11.4. The topological polar surface area (TPSA) is 53.8 Å². The van der Waals surface area contributed by atoms with Crippen molar-refractivity contribution in [3.8, 4) is 0 Å². The maximum absolute atomic E-state index is 12.5. The molecule has 1 N–H and O–H groups in total. The fourth-order valence-corrected chi connectivity index (χ4v) is 2.72. The van der Waals surface area contributed by atoms with Crippen molar-refractivity contribution in [3.63, 3.8) is 0 Å². The summed E-state index contributed by atoms with van der Waals surface area (Å²) in [4.78, 5) is 12.5. The van der Waals surface area contributed by atoms with E-state index in [0.717, 1.165) is 11.1 Å². The second-order valence-electron chi connectivity index (χ2n) is 5.20. The maximum Gasteiger partial charge on any atom is 0.256 e. The van der Waals surface area contributed by atoms with Crippen molar-refractivity contribution in [1.29, 1.82) is 0 Å². The predicted octanol–water partition coefficient (Wildman–Crippen LogP) is 3.62. The highest BCUT2D eigenvalue weighted by molar-refractivity contribution is 6.07. The van der Waals surface area contributed by atoms with Crippen LogP contribution in [0.5, 0.6) is 0 Å². The number of amides is 1. The van der Waals surface area contributed by atoms with Crippen LogP contribution in [0.25, 0.3) is 5.70 Å². The van der Waals surface area contributed by atoms with Gasteiger partial charge in [-0.25, -0.2) is 0 Å². The van der Waals surface area contributed by atoms with E-state index in [1.165, 1.54) is 0 Å². The highest BCUT2D eigenvalue weighted by Crippen LogP contribution is 2.37. The fourth-order valence-electron chi connectivity index (χ4n) is 2.72. The Labute approximate surface area is 127 Å². The van der Waals surface area contributed by atoms with Crippen molar-refractivity contribution in [1.82, 2.24) is 5.32 Å². The third-order valence-electron chi connectivity index (χ3n) is 3.79. The minimum absolute atomic E-state index is 0.129. The molecule has 2 aliphatic rings. The summed E-state index contributed by atoms with van der Waals surface area (Å²) in [6, 6.07) is 19.3. The quantitative estimate of drug-likeness (QED) is 0.901. The zero-order chi connectivity index (χ0) is 14.9. The van der Waals surface area contributed by atoms with Crippen molar-refractivity contribution in [3.05, 3.63) is 89.1 Å². The molecule has 1 atom stereocenters. The van der Waals surface area contributed by atoms with Gasteiger partial charge in [0.15, 0.2) is 0 Å². The number of nitrogens with one attached hydrogen (secondary N) is 1. The first-order valence-electron chi connectivity index (χ1n) is 7.12. The van der Waals surface area contributed by atoms with E-state index in [1.54, 1.807) is 0 Å². The number of azo groups is 1. The molecule has 4 rings (SSSR count). The molecule has 0 bridgehead atoms. The number of rotatable bonds is 2. The Morgan fingerprint density at radius 1 is 0.864 bits per heavy atom. The summed E-state index contributed by atoms with van der Waals surface area (Å²) in [5.41, 5.74) is 3.77. The second kappa shape index (κ2) is 5.07. The van der Waals surface area contributed by atoms with Crippen molar-refractivity contribution in [2.24, 2.45) is 10.2 Å². The average Bonchev–Trinajstić information content (AvgIpc) is 3.01. The summed E-state index contributed by atoms with van der Waals surface area (Å²) in [6.07, 6.45) is 1.95. The molecule has 0 fully saturated rings. The fraction of sp³-hybridized carbons (Fsp3) is 0.0556. The lowest BCUT2D eigenvalue weighted by molar-refractivity contribution is -0.117. The molecular formula is C18H13N3O. The first-order chi connectivity index (χ1) is 10.8. The molecule has 4 heteroatoms. The van der Waals surface area contributed by atoms with E-state index in [2.05, 4.69) is 15.5 Å². The van der Waals surface area contributed by atoms with E-state index >= 15 is 0 Å². The first-order valence-corrected chi connectivity index (χ1v) is 7.12. The molecule has 0 radical (unpaired) electrons. The summed E-state index contributed by atoms with van der Waals surface area (Å²) >= 11 is 0. The molecular weight excluding hydrogens is 274 g/mol. The first kappa shape index (κ1) is 12.7. The number of carbonyl (C=O) groups excluding carboxylic acids is 1. The third-order valence-corrected chi connectivity index (χ3v) is 3.79. The van der Waals surface area contributed by atoms with Crippen molar-refractivity contribution in [2.45, 2.75) is 6.04 Å². The smallest absolute Gasteiger partial charge is 0.256 e. The van der Waals surface area contributed by atoms with Crippen LogP contribution in [0.1, 0.15) is 17.2 Å². The van der Waals surface area contributed by atoms with Gasteiger partial charge in [0.05, 0.1) is 17.3 Å². The van der Waals surface area contributed by atoms with E-state index < -0.39 is 0 Å². The van der Waals surface area contributed by atoms with Crippen molar-refractivity contribution < 1.29 is 4.79 Å². The Kier molecular flexibility index (Phi) is 2.93. The van der Waals surface area contributed by atoms with Gasteiger partial charge in [-0.3, -0.25) is 4.79 Å². The van der Waals surface area contributed by atoms with Crippen LogP contribution in [0.4, 0.5) is 0 Å². The molecule has 22 heavy (non-hydrogen) atoms. The van der Waals surface area contributed by atoms with Crippen LogP contribution >= 0.6 is 0 Å². The molecule has 106 valence electrons. The van der Waals surface area contributed by atoms with Gasteiger partial charge >= 0.3 is 0 Å². The summed E-state index contributed by atoms with van der Waals surface area (Å²) < 4.78 is 0. The zero-order valence-electron chi connectivity index (χ0n) is 11.7. The molecule has 1 amide bonds. The lowest BCUT2D eigenvalue weighted by Crippen LogP contribution is -2.32. The molecule has 0 saturated carbocycles.